The summed E-state index contributed by atoms with van der Waals surface area (Å²) in [6.45, 7) is 3.88. The molecule has 1 aromatic heterocycles. The van der Waals surface area contributed by atoms with E-state index in [0.717, 1.165) is 0 Å². The van der Waals surface area contributed by atoms with Crippen molar-refractivity contribution in [2.75, 3.05) is 14.1 Å². The van der Waals surface area contributed by atoms with Gasteiger partial charge < -0.3 is 9.73 Å². The average molecular weight is 232 g/mol. The molecule has 0 saturated heterocycles. The van der Waals surface area contributed by atoms with Gasteiger partial charge in [-0.3, -0.25) is 0 Å². The highest BCUT2D eigenvalue weighted by Gasteiger charge is 2.24. The standard InChI is InChI=1S/C9H16N2O3S/c1-6-8(5-10-3)9(7(2)14-6)15(12,13)11-4/h10-11H,5H2,1-4H3. The fourth-order valence-corrected chi connectivity index (χ4v) is 2.71. The van der Waals surface area contributed by atoms with E-state index in [4.69, 9.17) is 4.42 Å². The highest BCUT2D eigenvalue weighted by atomic mass is 32.2. The van der Waals surface area contributed by atoms with E-state index in [2.05, 4.69) is 10.0 Å². The summed E-state index contributed by atoms with van der Waals surface area (Å²) in [5, 5.41) is 2.92. The molecule has 1 heterocycles. The second kappa shape index (κ2) is 4.34. The monoisotopic (exact) mass is 232 g/mol. The van der Waals surface area contributed by atoms with Crippen molar-refractivity contribution in [1.82, 2.24) is 10.0 Å². The summed E-state index contributed by atoms with van der Waals surface area (Å²) in [5.74, 6) is 1.06. The Balaban J connectivity index is 3.39. The molecule has 0 aliphatic carbocycles. The molecule has 1 rings (SSSR count). The van der Waals surface area contributed by atoms with Crippen LogP contribution in [0.5, 0.6) is 0 Å². The minimum atomic E-state index is -3.44. The van der Waals surface area contributed by atoms with E-state index in [9.17, 15) is 8.42 Å². The molecule has 86 valence electrons. The van der Waals surface area contributed by atoms with E-state index in [0.29, 0.717) is 23.6 Å². The summed E-state index contributed by atoms with van der Waals surface area (Å²) in [5.41, 5.74) is 0.685. The summed E-state index contributed by atoms with van der Waals surface area (Å²) < 4.78 is 31.1. The van der Waals surface area contributed by atoms with Gasteiger partial charge in [0.05, 0.1) is 0 Å². The molecule has 0 radical (unpaired) electrons. The topological polar surface area (TPSA) is 71.3 Å². The van der Waals surface area contributed by atoms with Crippen molar-refractivity contribution in [3.8, 4) is 0 Å². The molecule has 0 atom stereocenters. The lowest BCUT2D eigenvalue weighted by Crippen LogP contribution is -2.21. The quantitative estimate of drug-likeness (QED) is 0.794. The number of furan rings is 1. The van der Waals surface area contributed by atoms with Gasteiger partial charge in [-0.15, -0.1) is 0 Å². The normalized spacial score (nSPS) is 12.0. The summed E-state index contributed by atoms with van der Waals surface area (Å²) in [6, 6.07) is 0. The molecular formula is C9H16N2O3S. The molecule has 1 aromatic rings. The maximum absolute atomic E-state index is 11.7. The molecule has 0 aromatic carbocycles. The third-order valence-electron chi connectivity index (χ3n) is 2.22. The molecule has 0 amide bonds. The Morgan fingerprint density at radius 3 is 2.27 bits per heavy atom. The third kappa shape index (κ3) is 2.22. The van der Waals surface area contributed by atoms with Gasteiger partial charge in [0, 0.05) is 12.1 Å². The fraction of sp³-hybridized carbons (Fsp3) is 0.556. The number of nitrogens with one attached hydrogen (secondary N) is 2. The van der Waals surface area contributed by atoms with Crippen LogP contribution in [-0.4, -0.2) is 22.5 Å². The highest BCUT2D eigenvalue weighted by molar-refractivity contribution is 7.89. The molecule has 0 saturated carbocycles. The van der Waals surface area contributed by atoms with E-state index in [1.165, 1.54) is 7.05 Å². The van der Waals surface area contributed by atoms with Gasteiger partial charge in [0.15, 0.2) is 0 Å². The van der Waals surface area contributed by atoms with Gasteiger partial charge in [0.2, 0.25) is 10.0 Å². The first-order chi connectivity index (χ1) is 6.94. The maximum atomic E-state index is 11.7. The van der Waals surface area contributed by atoms with Gasteiger partial charge >= 0.3 is 0 Å². The Morgan fingerprint density at radius 1 is 1.20 bits per heavy atom. The van der Waals surface area contributed by atoms with Crippen molar-refractivity contribution >= 4 is 10.0 Å². The second-order valence-electron chi connectivity index (χ2n) is 3.26. The average Bonchev–Trinajstić information content (AvgIpc) is 2.43. The van der Waals surface area contributed by atoms with Crippen LogP contribution in [0.15, 0.2) is 9.31 Å². The number of sulfonamides is 1. The van der Waals surface area contributed by atoms with Crippen molar-refractivity contribution < 1.29 is 12.8 Å². The van der Waals surface area contributed by atoms with Crippen LogP contribution in [0.1, 0.15) is 17.1 Å². The number of rotatable bonds is 4. The Labute approximate surface area is 89.9 Å². The first-order valence-electron chi connectivity index (χ1n) is 4.61. The molecule has 15 heavy (non-hydrogen) atoms. The summed E-state index contributed by atoms with van der Waals surface area (Å²) >= 11 is 0. The number of hydrogen-bond donors (Lipinski definition) is 2. The van der Waals surface area contributed by atoms with Gasteiger partial charge in [0.1, 0.15) is 16.4 Å². The van der Waals surface area contributed by atoms with Crippen molar-refractivity contribution in [3.63, 3.8) is 0 Å². The van der Waals surface area contributed by atoms with E-state index < -0.39 is 10.0 Å². The fourth-order valence-electron chi connectivity index (χ4n) is 1.54. The van der Waals surface area contributed by atoms with Crippen LogP contribution < -0.4 is 10.0 Å². The van der Waals surface area contributed by atoms with Gasteiger partial charge in [-0.25, -0.2) is 13.1 Å². The minimum Gasteiger partial charge on any atom is -0.465 e. The van der Waals surface area contributed by atoms with Crippen molar-refractivity contribution in [3.05, 3.63) is 17.1 Å². The Morgan fingerprint density at radius 2 is 1.80 bits per heavy atom. The minimum absolute atomic E-state index is 0.247. The molecule has 0 aliphatic heterocycles. The lowest BCUT2D eigenvalue weighted by atomic mass is 10.2. The SMILES string of the molecule is CNCc1c(C)oc(C)c1S(=O)(=O)NC. The number of hydrogen-bond acceptors (Lipinski definition) is 4. The summed E-state index contributed by atoms with van der Waals surface area (Å²) in [6.07, 6.45) is 0. The Hall–Kier alpha value is -0.850. The van der Waals surface area contributed by atoms with Crippen LogP contribution >= 0.6 is 0 Å². The zero-order chi connectivity index (χ0) is 11.6. The molecule has 6 heteroatoms. The van der Waals surface area contributed by atoms with E-state index in [1.807, 2.05) is 0 Å². The lowest BCUT2D eigenvalue weighted by Gasteiger charge is -2.04. The lowest BCUT2D eigenvalue weighted by molar-refractivity contribution is 0.493. The molecule has 0 fully saturated rings. The van der Waals surface area contributed by atoms with Crippen molar-refractivity contribution in [2.45, 2.75) is 25.3 Å². The van der Waals surface area contributed by atoms with E-state index in [-0.39, 0.29) is 4.90 Å². The molecular weight excluding hydrogens is 216 g/mol. The van der Waals surface area contributed by atoms with Crippen LogP contribution in [0.4, 0.5) is 0 Å². The molecule has 5 nitrogen and oxygen atoms in total. The molecule has 2 N–H and O–H groups in total. The van der Waals surface area contributed by atoms with E-state index in [1.54, 1.807) is 20.9 Å². The van der Waals surface area contributed by atoms with Gasteiger partial charge in [-0.1, -0.05) is 0 Å². The van der Waals surface area contributed by atoms with E-state index >= 15 is 0 Å². The smallest absolute Gasteiger partial charge is 0.244 e. The molecule has 0 aliphatic rings. The van der Waals surface area contributed by atoms with Crippen LogP contribution in [0.3, 0.4) is 0 Å². The maximum Gasteiger partial charge on any atom is 0.244 e. The molecule has 0 unspecified atom stereocenters. The Bertz CT molecular complexity index is 448. The first-order valence-corrected chi connectivity index (χ1v) is 6.09. The largest absolute Gasteiger partial charge is 0.465 e. The zero-order valence-corrected chi connectivity index (χ0v) is 10.2. The van der Waals surface area contributed by atoms with Crippen LogP contribution in [0.2, 0.25) is 0 Å². The molecule has 0 bridgehead atoms. The predicted molar refractivity (Wildman–Crippen MR) is 57.2 cm³/mol. The summed E-state index contributed by atoms with van der Waals surface area (Å²) in [4.78, 5) is 0.247. The van der Waals surface area contributed by atoms with Crippen LogP contribution in [0, 0.1) is 13.8 Å². The third-order valence-corrected chi connectivity index (χ3v) is 3.82. The van der Waals surface area contributed by atoms with Crippen LogP contribution in [-0.2, 0) is 16.6 Å². The first kappa shape index (κ1) is 12.2. The molecule has 0 spiro atoms. The second-order valence-corrected chi connectivity index (χ2v) is 5.08. The number of aryl methyl sites for hydroxylation is 2. The van der Waals surface area contributed by atoms with Gasteiger partial charge in [0.25, 0.3) is 0 Å². The van der Waals surface area contributed by atoms with Crippen LogP contribution in [0.25, 0.3) is 0 Å². The Kier molecular flexibility index (Phi) is 3.54. The summed E-state index contributed by atoms with van der Waals surface area (Å²) in [7, 11) is -0.294. The van der Waals surface area contributed by atoms with Gasteiger partial charge in [-0.2, -0.15) is 0 Å². The van der Waals surface area contributed by atoms with Crippen molar-refractivity contribution in [2.24, 2.45) is 0 Å². The highest BCUT2D eigenvalue weighted by Crippen LogP contribution is 2.25. The zero-order valence-electron chi connectivity index (χ0n) is 9.34. The predicted octanol–water partition coefficient (Wildman–Crippen LogP) is 0.524. The van der Waals surface area contributed by atoms with Crippen molar-refractivity contribution in [1.29, 1.82) is 0 Å². The van der Waals surface area contributed by atoms with Gasteiger partial charge in [-0.05, 0) is 27.9 Å².